The smallest absolute Gasteiger partial charge is 0.269 e. The van der Waals surface area contributed by atoms with Crippen LogP contribution in [0.2, 0.25) is 0 Å². The van der Waals surface area contributed by atoms with Crippen LogP contribution in [0.4, 0.5) is 0 Å². The van der Waals surface area contributed by atoms with E-state index in [1.807, 2.05) is 0 Å². The highest BCUT2D eigenvalue weighted by atomic mass is 16.6. The minimum atomic E-state index is -0.237. The molecular formula is C15H27NO2. The summed E-state index contributed by atoms with van der Waals surface area (Å²) < 4.78 is 0. The number of rotatable bonds is 11. The summed E-state index contributed by atoms with van der Waals surface area (Å²) in [6, 6.07) is 0. The van der Waals surface area contributed by atoms with Crippen LogP contribution in [-0.4, -0.2) is 12.5 Å². The van der Waals surface area contributed by atoms with Gasteiger partial charge in [-0.15, -0.1) is 0 Å². The van der Waals surface area contributed by atoms with Crippen LogP contribution < -0.4 is 5.48 Å². The van der Waals surface area contributed by atoms with Crippen LogP contribution in [0.25, 0.3) is 0 Å². The fourth-order valence-electron chi connectivity index (χ4n) is 1.51. The number of hydrogen-bond acceptors (Lipinski definition) is 2. The molecule has 1 N–H and O–H groups in total. The van der Waals surface area contributed by atoms with Gasteiger partial charge >= 0.3 is 0 Å². The zero-order valence-corrected chi connectivity index (χ0v) is 11.8. The van der Waals surface area contributed by atoms with E-state index in [4.69, 9.17) is 4.84 Å². The van der Waals surface area contributed by atoms with Gasteiger partial charge in [0, 0.05) is 5.57 Å². The molecule has 104 valence electrons. The Morgan fingerprint density at radius 1 is 1.17 bits per heavy atom. The SMILES string of the molecule is C=C(C)C(=O)NOCCCCCCCC/C=C/C. The van der Waals surface area contributed by atoms with Crippen molar-refractivity contribution >= 4 is 5.91 Å². The molecule has 0 aromatic heterocycles. The minimum absolute atomic E-state index is 0.237. The number of hydroxylamine groups is 1. The normalized spacial score (nSPS) is 10.8. The van der Waals surface area contributed by atoms with Crippen molar-refractivity contribution in [2.75, 3.05) is 6.61 Å². The van der Waals surface area contributed by atoms with Crippen molar-refractivity contribution in [2.45, 2.75) is 58.8 Å². The molecule has 0 bridgehead atoms. The van der Waals surface area contributed by atoms with Gasteiger partial charge in [0.1, 0.15) is 0 Å². The number of carbonyl (C=O) groups excluding carboxylic acids is 1. The number of hydrogen-bond donors (Lipinski definition) is 1. The number of nitrogens with one attached hydrogen (secondary N) is 1. The second-order valence-electron chi connectivity index (χ2n) is 4.54. The zero-order chi connectivity index (χ0) is 13.6. The van der Waals surface area contributed by atoms with Crippen LogP contribution in [0.3, 0.4) is 0 Å². The summed E-state index contributed by atoms with van der Waals surface area (Å²) in [7, 11) is 0. The molecule has 0 aliphatic carbocycles. The number of allylic oxidation sites excluding steroid dienone is 2. The summed E-state index contributed by atoms with van der Waals surface area (Å²) in [5.74, 6) is -0.237. The third-order valence-corrected chi connectivity index (χ3v) is 2.66. The largest absolute Gasteiger partial charge is 0.273 e. The summed E-state index contributed by atoms with van der Waals surface area (Å²) in [4.78, 5) is 16.1. The molecule has 0 saturated heterocycles. The van der Waals surface area contributed by atoms with Gasteiger partial charge in [-0.2, -0.15) is 0 Å². The third-order valence-electron chi connectivity index (χ3n) is 2.66. The first kappa shape index (κ1) is 16.9. The zero-order valence-electron chi connectivity index (χ0n) is 11.8. The molecule has 1 amide bonds. The Kier molecular flexibility index (Phi) is 11.6. The first-order valence-electron chi connectivity index (χ1n) is 6.87. The minimum Gasteiger partial charge on any atom is -0.273 e. The Bertz CT molecular complexity index is 259. The van der Waals surface area contributed by atoms with Crippen LogP contribution in [0, 0.1) is 0 Å². The molecular weight excluding hydrogens is 226 g/mol. The summed E-state index contributed by atoms with van der Waals surface area (Å²) in [5, 5.41) is 0. The van der Waals surface area contributed by atoms with Crippen molar-refractivity contribution in [1.29, 1.82) is 0 Å². The Labute approximate surface area is 111 Å². The Hall–Kier alpha value is -1.09. The van der Waals surface area contributed by atoms with E-state index in [1.54, 1.807) is 6.92 Å². The van der Waals surface area contributed by atoms with Crippen molar-refractivity contribution in [2.24, 2.45) is 0 Å². The molecule has 0 fully saturated rings. The molecule has 0 unspecified atom stereocenters. The lowest BCUT2D eigenvalue weighted by atomic mass is 10.1. The molecule has 0 rings (SSSR count). The molecule has 0 heterocycles. The molecule has 0 spiro atoms. The second-order valence-corrected chi connectivity index (χ2v) is 4.54. The molecule has 0 aliphatic heterocycles. The van der Waals surface area contributed by atoms with Gasteiger partial charge in [-0.25, -0.2) is 5.48 Å². The summed E-state index contributed by atoms with van der Waals surface area (Å²) >= 11 is 0. The fourth-order valence-corrected chi connectivity index (χ4v) is 1.51. The van der Waals surface area contributed by atoms with Crippen molar-refractivity contribution < 1.29 is 9.63 Å². The molecule has 0 radical (unpaired) electrons. The van der Waals surface area contributed by atoms with Crippen LogP contribution in [0.1, 0.15) is 58.8 Å². The molecule has 18 heavy (non-hydrogen) atoms. The molecule has 0 saturated carbocycles. The maximum Gasteiger partial charge on any atom is 0.269 e. The highest BCUT2D eigenvalue weighted by Gasteiger charge is 1.99. The van der Waals surface area contributed by atoms with Gasteiger partial charge in [-0.3, -0.25) is 9.63 Å². The molecule has 0 aromatic rings. The van der Waals surface area contributed by atoms with E-state index in [0.29, 0.717) is 12.2 Å². The van der Waals surface area contributed by atoms with Crippen molar-refractivity contribution in [3.05, 3.63) is 24.3 Å². The predicted octanol–water partition coefficient (Wildman–Crippen LogP) is 3.92. The van der Waals surface area contributed by atoms with Gasteiger partial charge in [-0.1, -0.05) is 44.4 Å². The summed E-state index contributed by atoms with van der Waals surface area (Å²) in [6.07, 6.45) is 12.8. The topological polar surface area (TPSA) is 38.3 Å². The summed E-state index contributed by atoms with van der Waals surface area (Å²) in [5.41, 5.74) is 2.83. The lowest BCUT2D eigenvalue weighted by Crippen LogP contribution is -2.24. The fraction of sp³-hybridized carbons (Fsp3) is 0.667. The maximum absolute atomic E-state index is 11.1. The quantitative estimate of drug-likeness (QED) is 0.262. The standard InChI is InChI=1S/C15H27NO2/c1-4-5-6-7-8-9-10-11-12-13-18-16-15(17)14(2)3/h4-5H,2,6-13H2,1,3H3,(H,16,17)/b5-4+. The van der Waals surface area contributed by atoms with E-state index in [0.717, 1.165) is 12.8 Å². The van der Waals surface area contributed by atoms with Gasteiger partial charge in [0.15, 0.2) is 0 Å². The van der Waals surface area contributed by atoms with E-state index in [9.17, 15) is 4.79 Å². The van der Waals surface area contributed by atoms with E-state index < -0.39 is 0 Å². The number of amides is 1. The van der Waals surface area contributed by atoms with Crippen molar-refractivity contribution in [1.82, 2.24) is 5.48 Å². The lowest BCUT2D eigenvalue weighted by Gasteiger charge is -2.05. The van der Waals surface area contributed by atoms with E-state index in [2.05, 4.69) is 31.1 Å². The van der Waals surface area contributed by atoms with E-state index >= 15 is 0 Å². The summed E-state index contributed by atoms with van der Waals surface area (Å²) in [6.45, 7) is 7.83. The van der Waals surface area contributed by atoms with E-state index in [1.165, 1.54) is 32.1 Å². The van der Waals surface area contributed by atoms with E-state index in [-0.39, 0.29) is 5.91 Å². The van der Waals surface area contributed by atoms with Crippen LogP contribution in [0.15, 0.2) is 24.3 Å². The van der Waals surface area contributed by atoms with Gasteiger partial charge in [0.05, 0.1) is 6.61 Å². The molecule has 0 aromatic carbocycles. The second kappa shape index (κ2) is 12.4. The average Bonchev–Trinajstić information content (AvgIpc) is 2.35. The Balaban J connectivity index is 3.12. The van der Waals surface area contributed by atoms with Gasteiger partial charge in [0.2, 0.25) is 0 Å². The lowest BCUT2D eigenvalue weighted by molar-refractivity contribution is -0.129. The average molecular weight is 253 g/mol. The molecule has 0 atom stereocenters. The maximum atomic E-state index is 11.1. The van der Waals surface area contributed by atoms with Gasteiger partial charge < -0.3 is 0 Å². The van der Waals surface area contributed by atoms with Crippen LogP contribution in [0.5, 0.6) is 0 Å². The van der Waals surface area contributed by atoms with Crippen molar-refractivity contribution in [3.8, 4) is 0 Å². The Morgan fingerprint density at radius 3 is 2.39 bits per heavy atom. The number of unbranched alkanes of at least 4 members (excludes halogenated alkanes) is 6. The highest BCUT2D eigenvalue weighted by molar-refractivity contribution is 5.91. The Morgan fingerprint density at radius 2 is 1.78 bits per heavy atom. The molecule has 3 heteroatoms. The highest BCUT2D eigenvalue weighted by Crippen LogP contribution is 2.07. The monoisotopic (exact) mass is 253 g/mol. The van der Waals surface area contributed by atoms with Gasteiger partial charge in [0.25, 0.3) is 5.91 Å². The van der Waals surface area contributed by atoms with Crippen molar-refractivity contribution in [3.63, 3.8) is 0 Å². The predicted molar refractivity (Wildman–Crippen MR) is 76.0 cm³/mol. The first-order chi connectivity index (χ1) is 8.68. The van der Waals surface area contributed by atoms with Crippen LogP contribution in [-0.2, 0) is 9.63 Å². The first-order valence-corrected chi connectivity index (χ1v) is 6.87. The van der Waals surface area contributed by atoms with Gasteiger partial charge in [-0.05, 0) is 33.1 Å². The molecule has 3 nitrogen and oxygen atoms in total. The van der Waals surface area contributed by atoms with Crippen LogP contribution >= 0.6 is 0 Å². The third kappa shape index (κ3) is 11.4. The molecule has 0 aliphatic rings. The number of carbonyl (C=O) groups is 1.